The van der Waals surface area contributed by atoms with Crippen molar-refractivity contribution in [3.8, 4) is 5.75 Å². The molecule has 2 N–H and O–H groups in total. The summed E-state index contributed by atoms with van der Waals surface area (Å²) in [5.74, 6) is -0.0228. The Hall–Kier alpha value is -1.21. The number of nitrogens with one attached hydrogen (secondary N) is 2. The van der Waals surface area contributed by atoms with Crippen LogP contribution in [-0.4, -0.2) is 23.5 Å². The van der Waals surface area contributed by atoms with E-state index in [9.17, 15) is 4.39 Å². The molecule has 144 valence electrons. The van der Waals surface area contributed by atoms with E-state index in [4.69, 9.17) is 16.3 Å². The van der Waals surface area contributed by atoms with Gasteiger partial charge in [-0.05, 0) is 73.2 Å². The Labute approximate surface area is 176 Å². The quantitative estimate of drug-likeness (QED) is 0.205. The molecule has 0 radical (unpaired) electrons. The van der Waals surface area contributed by atoms with Gasteiger partial charge in [0.1, 0.15) is 0 Å². The summed E-state index contributed by atoms with van der Waals surface area (Å²) in [6, 6.07) is 10.9. The zero-order valence-electron chi connectivity index (χ0n) is 14.7. The number of rotatable bonds is 10. The van der Waals surface area contributed by atoms with Gasteiger partial charge in [0.25, 0.3) is 0 Å². The van der Waals surface area contributed by atoms with E-state index in [1.54, 1.807) is 6.07 Å². The molecule has 0 atom stereocenters. The number of aryl methyl sites for hydroxylation is 1. The van der Waals surface area contributed by atoms with E-state index in [0.717, 1.165) is 46.6 Å². The number of ether oxygens (including phenoxy) is 1. The summed E-state index contributed by atoms with van der Waals surface area (Å²) in [5.41, 5.74) is 2.36. The van der Waals surface area contributed by atoms with Crippen LogP contribution in [0.2, 0.25) is 5.02 Å². The summed E-state index contributed by atoms with van der Waals surface area (Å²) < 4.78 is 22.7. The fourth-order valence-corrected chi connectivity index (χ4v) is 3.85. The summed E-state index contributed by atoms with van der Waals surface area (Å²) in [6.07, 6.45) is 4.81. The first-order valence-corrected chi connectivity index (χ1v) is 11.1. The highest BCUT2D eigenvalue weighted by atomic mass is 79.9. The van der Waals surface area contributed by atoms with Crippen molar-refractivity contribution in [3.63, 3.8) is 0 Å². The topological polar surface area (TPSA) is 37.0 Å². The molecule has 3 nitrogen and oxygen atoms in total. The molecule has 0 saturated heterocycles. The number of aromatic nitrogens is 1. The molecule has 0 spiro atoms. The molecule has 0 aliphatic rings. The van der Waals surface area contributed by atoms with E-state index >= 15 is 0 Å². The van der Waals surface area contributed by atoms with Crippen LogP contribution in [0, 0.1) is 5.82 Å². The normalized spacial score (nSPS) is 11.2. The Bertz CT molecular complexity index is 890. The molecule has 0 amide bonds. The van der Waals surface area contributed by atoms with Crippen molar-refractivity contribution >= 4 is 50.4 Å². The number of halogens is 3. The Balaban J connectivity index is 1.43. The summed E-state index contributed by atoms with van der Waals surface area (Å²) in [5, 5.41) is 2.77. The standard InChI is InChI=1S/C20H21BrClFN2OS/c21-8-2-10-26-20-7-5-16(12-18(20)23)27-25-9-1-3-14-13-24-19-6-4-15(22)11-17(14)19/h4-7,11-13,24-25H,1-3,8-10H2. The molecule has 0 bridgehead atoms. The van der Waals surface area contributed by atoms with Gasteiger partial charge in [-0.25, -0.2) is 4.39 Å². The maximum Gasteiger partial charge on any atom is 0.166 e. The van der Waals surface area contributed by atoms with E-state index in [1.165, 1.54) is 29.0 Å². The maximum absolute atomic E-state index is 14.0. The van der Waals surface area contributed by atoms with Crippen LogP contribution in [0.1, 0.15) is 18.4 Å². The first-order valence-electron chi connectivity index (χ1n) is 8.81. The lowest BCUT2D eigenvalue weighted by atomic mass is 10.1. The highest BCUT2D eigenvalue weighted by molar-refractivity contribution is 9.09. The minimum absolute atomic E-state index is 0.304. The molecule has 7 heteroatoms. The molecule has 27 heavy (non-hydrogen) atoms. The van der Waals surface area contributed by atoms with Crippen LogP contribution in [0.25, 0.3) is 10.9 Å². The summed E-state index contributed by atoms with van der Waals surface area (Å²) >= 11 is 10.8. The molecule has 0 unspecified atom stereocenters. The van der Waals surface area contributed by atoms with Gasteiger partial charge < -0.3 is 9.72 Å². The molecular formula is C20H21BrClFN2OS. The van der Waals surface area contributed by atoms with Crippen molar-refractivity contribution < 1.29 is 9.13 Å². The minimum atomic E-state index is -0.327. The van der Waals surface area contributed by atoms with Crippen molar-refractivity contribution in [1.29, 1.82) is 0 Å². The van der Waals surface area contributed by atoms with Crippen LogP contribution in [0.15, 0.2) is 47.5 Å². The molecular weight excluding hydrogens is 451 g/mol. The van der Waals surface area contributed by atoms with Gasteiger partial charge in [-0.1, -0.05) is 27.5 Å². The number of aromatic amines is 1. The van der Waals surface area contributed by atoms with E-state index in [1.807, 2.05) is 30.5 Å². The number of benzene rings is 2. The van der Waals surface area contributed by atoms with Crippen LogP contribution >= 0.6 is 39.5 Å². The largest absolute Gasteiger partial charge is 0.490 e. The molecule has 0 aliphatic heterocycles. The van der Waals surface area contributed by atoms with Gasteiger partial charge in [0.2, 0.25) is 0 Å². The fraction of sp³-hybridized carbons (Fsp3) is 0.300. The van der Waals surface area contributed by atoms with Crippen molar-refractivity contribution in [3.05, 3.63) is 59.0 Å². The number of alkyl halides is 1. The minimum Gasteiger partial charge on any atom is -0.490 e. The molecule has 3 aromatic rings. The van der Waals surface area contributed by atoms with Crippen LogP contribution in [0.5, 0.6) is 5.75 Å². The predicted octanol–water partition coefficient (Wildman–Crippen LogP) is 6.35. The smallest absolute Gasteiger partial charge is 0.166 e. The zero-order chi connectivity index (χ0) is 19.1. The highest BCUT2D eigenvalue weighted by Crippen LogP contribution is 2.25. The van der Waals surface area contributed by atoms with E-state index in [2.05, 4.69) is 25.6 Å². The highest BCUT2D eigenvalue weighted by Gasteiger charge is 2.06. The summed E-state index contributed by atoms with van der Waals surface area (Å²) in [4.78, 5) is 4.10. The lowest BCUT2D eigenvalue weighted by Gasteiger charge is -2.08. The number of H-pyrrole nitrogens is 1. The van der Waals surface area contributed by atoms with Gasteiger partial charge in [0.15, 0.2) is 11.6 Å². The lowest BCUT2D eigenvalue weighted by Crippen LogP contribution is -2.06. The molecule has 2 aromatic carbocycles. The second kappa shape index (κ2) is 10.4. The fourth-order valence-electron chi connectivity index (χ4n) is 2.74. The molecule has 1 aromatic heterocycles. The Kier molecular flexibility index (Phi) is 7.88. The Morgan fingerprint density at radius 3 is 2.89 bits per heavy atom. The van der Waals surface area contributed by atoms with Crippen LogP contribution in [0.3, 0.4) is 0 Å². The van der Waals surface area contributed by atoms with Crippen molar-refractivity contribution in [1.82, 2.24) is 9.71 Å². The molecule has 1 heterocycles. The molecule has 0 saturated carbocycles. The second-order valence-corrected chi connectivity index (χ2v) is 8.28. The van der Waals surface area contributed by atoms with Crippen LogP contribution in [-0.2, 0) is 6.42 Å². The van der Waals surface area contributed by atoms with E-state index in [-0.39, 0.29) is 5.82 Å². The van der Waals surface area contributed by atoms with Crippen molar-refractivity contribution in [2.75, 3.05) is 18.5 Å². The van der Waals surface area contributed by atoms with Gasteiger partial charge in [-0.3, -0.25) is 4.72 Å². The molecule has 3 rings (SSSR count). The summed E-state index contributed by atoms with van der Waals surface area (Å²) in [6.45, 7) is 1.33. The lowest BCUT2D eigenvalue weighted by molar-refractivity contribution is 0.302. The number of hydrogen-bond acceptors (Lipinski definition) is 3. The Morgan fingerprint density at radius 2 is 2.07 bits per heavy atom. The van der Waals surface area contributed by atoms with Crippen molar-refractivity contribution in [2.24, 2.45) is 0 Å². The van der Waals surface area contributed by atoms with Gasteiger partial charge in [-0.2, -0.15) is 0 Å². The predicted molar refractivity (Wildman–Crippen MR) is 116 cm³/mol. The first-order chi connectivity index (χ1) is 13.2. The van der Waals surface area contributed by atoms with Gasteiger partial charge >= 0.3 is 0 Å². The van der Waals surface area contributed by atoms with Crippen LogP contribution in [0.4, 0.5) is 4.39 Å². The molecule has 0 fully saturated rings. The second-order valence-electron chi connectivity index (χ2n) is 6.09. The van der Waals surface area contributed by atoms with E-state index in [0.29, 0.717) is 12.4 Å². The average Bonchev–Trinajstić information content (AvgIpc) is 3.05. The molecule has 0 aliphatic carbocycles. The van der Waals surface area contributed by atoms with Crippen molar-refractivity contribution in [2.45, 2.75) is 24.2 Å². The third-order valence-electron chi connectivity index (χ3n) is 4.08. The third kappa shape index (κ3) is 5.88. The SMILES string of the molecule is Fc1cc(SNCCCc2c[nH]c3ccc(Cl)cc23)ccc1OCCCBr. The van der Waals surface area contributed by atoms with E-state index < -0.39 is 0 Å². The Morgan fingerprint density at radius 1 is 1.19 bits per heavy atom. The first kappa shape index (κ1) is 20.5. The zero-order valence-corrected chi connectivity index (χ0v) is 17.9. The van der Waals surface area contributed by atoms with Gasteiger partial charge in [-0.15, -0.1) is 0 Å². The third-order valence-corrected chi connectivity index (χ3v) is 5.72. The monoisotopic (exact) mass is 470 g/mol. The van der Waals surface area contributed by atoms with Crippen LogP contribution < -0.4 is 9.46 Å². The van der Waals surface area contributed by atoms with Gasteiger partial charge in [0, 0.05) is 38.9 Å². The average molecular weight is 472 g/mol. The van der Waals surface area contributed by atoms with Gasteiger partial charge in [0.05, 0.1) is 6.61 Å². The number of fused-ring (bicyclic) bond motifs is 1. The maximum atomic E-state index is 14.0. The summed E-state index contributed by atoms with van der Waals surface area (Å²) in [7, 11) is 0. The number of hydrogen-bond donors (Lipinski definition) is 2.